The van der Waals surface area contributed by atoms with E-state index in [9.17, 15) is 0 Å². The summed E-state index contributed by atoms with van der Waals surface area (Å²) in [6.07, 6.45) is 2.42. The average Bonchev–Trinajstić information content (AvgIpc) is 2.63. The Hall–Kier alpha value is -1.19. The molecule has 2 N–H and O–H groups in total. The van der Waals surface area contributed by atoms with Crippen LogP contribution >= 0.6 is 23.2 Å². The Morgan fingerprint density at radius 3 is 2.71 bits per heavy atom. The largest absolute Gasteiger partial charge is 0.383 e. The molecule has 1 atom stereocenters. The summed E-state index contributed by atoms with van der Waals surface area (Å²) >= 11 is 11.9. The van der Waals surface area contributed by atoms with Crippen molar-refractivity contribution in [2.45, 2.75) is 19.4 Å². The number of hydrogen-bond acceptors (Lipinski definition) is 2. The van der Waals surface area contributed by atoms with Gasteiger partial charge in [-0.05, 0) is 24.1 Å². The quantitative estimate of drug-likeness (QED) is 0.922. The van der Waals surface area contributed by atoms with Gasteiger partial charge in [0.2, 0.25) is 0 Å². The topological polar surface area (TPSA) is 43.8 Å². The smallest absolute Gasteiger partial charge is 0.141 e. The Morgan fingerprint density at radius 1 is 1.41 bits per heavy atom. The molecule has 2 rings (SSSR count). The maximum Gasteiger partial charge on any atom is 0.141 e. The van der Waals surface area contributed by atoms with Crippen LogP contribution in [0.4, 0.5) is 5.82 Å². The van der Waals surface area contributed by atoms with E-state index < -0.39 is 0 Å². The summed E-state index contributed by atoms with van der Waals surface area (Å²) in [4.78, 5) is 0. The first-order chi connectivity index (χ1) is 8.13. The van der Waals surface area contributed by atoms with Crippen LogP contribution in [0.1, 0.15) is 24.9 Å². The molecule has 0 aliphatic heterocycles. The minimum atomic E-state index is 0.0567. The molecule has 0 bridgehead atoms. The van der Waals surface area contributed by atoms with E-state index in [1.54, 1.807) is 10.9 Å². The van der Waals surface area contributed by atoms with Crippen LogP contribution in [0.15, 0.2) is 30.5 Å². The fourth-order valence-corrected chi connectivity index (χ4v) is 2.19. The molecule has 1 heterocycles. The highest BCUT2D eigenvalue weighted by atomic mass is 35.5. The van der Waals surface area contributed by atoms with Crippen molar-refractivity contribution in [3.8, 4) is 0 Å². The highest BCUT2D eigenvalue weighted by molar-refractivity contribution is 6.32. The zero-order valence-electron chi connectivity index (χ0n) is 9.40. The van der Waals surface area contributed by atoms with Crippen LogP contribution < -0.4 is 5.73 Å². The van der Waals surface area contributed by atoms with Crippen molar-refractivity contribution < 1.29 is 0 Å². The van der Waals surface area contributed by atoms with Gasteiger partial charge in [0.25, 0.3) is 0 Å². The summed E-state index contributed by atoms with van der Waals surface area (Å²) in [5.41, 5.74) is 6.97. The normalized spacial score (nSPS) is 12.6. The molecule has 0 radical (unpaired) electrons. The van der Waals surface area contributed by atoms with Crippen molar-refractivity contribution in [2.24, 2.45) is 0 Å². The minimum Gasteiger partial charge on any atom is -0.383 e. The fourth-order valence-electron chi connectivity index (χ4n) is 1.86. The van der Waals surface area contributed by atoms with Gasteiger partial charge in [0.05, 0.1) is 12.2 Å². The lowest BCUT2D eigenvalue weighted by Gasteiger charge is -2.17. The van der Waals surface area contributed by atoms with Gasteiger partial charge in [-0.25, -0.2) is 4.68 Å². The van der Waals surface area contributed by atoms with Crippen LogP contribution in [0.3, 0.4) is 0 Å². The number of nitrogen functional groups attached to an aromatic ring is 1. The molecule has 1 aromatic heterocycles. The first-order valence-corrected chi connectivity index (χ1v) is 6.13. The van der Waals surface area contributed by atoms with Crippen molar-refractivity contribution in [1.29, 1.82) is 0 Å². The second-order valence-corrected chi connectivity index (χ2v) is 4.65. The van der Waals surface area contributed by atoms with Crippen molar-refractivity contribution >= 4 is 29.0 Å². The van der Waals surface area contributed by atoms with E-state index in [4.69, 9.17) is 28.9 Å². The molecule has 0 saturated carbocycles. The molecule has 0 aliphatic rings. The zero-order valence-corrected chi connectivity index (χ0v) is 10.9. The van der Waals surface area contributed by atoms with Gasteiger partial charge in [-0.2, -0.15) is 5.10 Å². The van der Waals surface area contributed by atoms with Crippen LogP contribution in [-0.4, -0.2) is 9.78 Å². The molecule has 0 aliphatic carbocycles. The van der Waals surface area contributed by atoms with Gasteiger partial charge >= 0.3 is 0 Å². The van der Waals surface area contributed by atoms with Crippen molar-refractivity contribution in [1.82, 2.24) is 9.78 Å². The molecule has 90 valence electrons. The molecule has 17 heavy (non-hydrogen) atoms. The maximum atomic E-state index is 5.99. The Bertz CT molecular complexity index is 522. The molecular weight excluding hydrogens is 257 g/mol. The first-order valence-electron chi connectivity index (χ1n) is 5.37. The van der Waals surface area contributed by atoms with E-state index >= 15 is 0 Å². The summed E-state index contributed by atoms with van der Waals surface area (Å²) in [6.45, 7) is 2.07. The van der Waals surface area contributed by atoms with Crippen LogP contribution in [0.25, 0.3) is 0 Å². The van der Waals surface area contributed by atoms with Crippen molar-refractivity contribution in [3.63, 3.8) is 0 Å². The van der Waals surface area contributed by atoms with Gasteiger partial charge in [0.15, 0.2) is 0 Å². The number of anilines is 1. The van der Waals surface area contributed by atoms with Gasteiger partial charge in [-0.1, -0.05) is 42.3 Å². The number of hydrogen-bond donors (Lipinski definition) is 1. The number of halogens is 2. The fraction of sp³-hybridized carbons (Fsp3) is 0.250. The van der Waals surface area contributed by atoms with Gasteiger partial charge in [0.1, 0.15) is 10.8 Å². The van der Waals surface area contributed by atoms with Crippen LogP contribution in [0.2, 0.25) is 10.0 Å². The van der Waals surface area contributed by atoms with Crippen LogP contribution in [0, 0.1) is 0 Å². The SMILES string of the molecule is CCC(c1cccc(Cl)c1)n1ncc(Cl)c1N. The van der Waals surface area contributed by atoms with Crippen molar-refractivity contribution in [2.75, 3.05) is 5.73 Å². The molecule has 0 saturated heterocycles. The van der Waals surface area contributed by atoms with Crippen molar-refractivity contribution in [3.05, 3.63) is 46.1 Å². The van der Waals surface area contributed by atoms with E-state index in [1.807, 2.05) is 24.3 Å². The monoisotopic (exact) mass is 269 g/mol. The highest BCUT2D eigenvalue weighted by Crippen LogP contribution is 2.28. The summed E-state index contributed by atoms with van der Waals surface area (Å²) in [5.74, 6) is 0.485. The number of aromatic nitrogens is 2. The Balaban J connectivity index is 2.44. The molecular formula is C12H13Cl2N3. The number of nitrogens with two attached hydrogens (primary N) is 1. The Labute approximate surface area is 110 Å². The van der Waals surface area contributed by atoms with E-state index in [0.717, 1.165) is 12.0 Å². The van der Waals surface area contributed by atoms with E-state index in [0.29, 0.717) is 15.9 Å². The molecule has 5 heteroatoms. The van der Waals surface area contributed by atoms with Gasteiger partial charge in [-0.3, -0.25) is 0 Å². The number of benzene rings is 1. The predicted octanol–water partition coefficient (Wildman–Crippen LogP) is 3.77. The van der Waals surface area contributed by atoms with E-state index in [-0.39, 0.29) is 6.04 Å². The highest BCUT2D eigenvalue weighted by Gasteiger charge is 2.16. The maximum absolute atomic E-state index is 5.99. The van der Waals surface area contributed by atoms with Gasteiger partial charge < -0.3 is 5.73 Å². The third-order valence-corrected chi connectivity index (χ3v) is 3.23. The predicted molar refractivity (Wildman–Crippen MR) is 71.5 cm³/mol. The van der Waals surface area contributed by atoms with Gasteiger partial charge in [-0.15, -0.1) is 0 Å². The molecule has 0 amide bonds. The van der Waals surface area contributed by atoms with E-state index in [1.165, 1.54) is 0 Å². The lowest BCUT2D eigenvalue weighted by molar-refractivity contribution is 0.516. The molecule has 3 nitrogen and oxygen atoms in total. The average molecular weight is 270 g/mol. The number of nitrogens with zero attached hydrogens (tertiary/aromatic N) is 2. The molecule has 1 aromatic carbocycles. The molecule has 0 fully saturated rings. The standard InChI is InChI=1S/C12H13Cl2N3/c1-2-11(8-4-3-5-9(13)6-8)17-12(15)10(14)7-16-17/h3-7,11H,2,15H2,1H3. The Morgan fingerprint density at radius 2 is 2.18 bits per heavy atom. The minimum absolute atomic E-state index is 0.0567. The second-order valence-electron chi connectivity index (χ2n) is 3.80. The summed E-state index contributed by atoms with van der Waals surface area (Å²) < 4.78 is 1.73. The second kappa shape index (κ2) is 4.98. The first kappa shape index (κ1) is 12.3. The van der Waals surface area contributed by atoms with E-state index in [2.05, 4.69) is 12.0 Å². The number of rotatable bonds is 3. The lowest BCUT2D eigenvalue weighted by atomic mass is 10.1. The molecule has 0 spiro atoms. The third kappa shape index (κ3) is 2.40. The molecule has 1 unspecified atom stereocenters. The third-order valence-electron chi connectivity index (χ3n) is 2.70. The molecule has 2 aromatic rings. The van der Waals surface area contributed by atoms with Gasteiger partial charge in [0, 0.05) is 5.02 Å². The summed E-state index contributed by atoms with van der Waals surface area (Å²) in [6, 6.07) is 7.75. The lowest BCUT2D eigenvalue weighted by Crippen LogP contribution is -2.13. The summed E-state index contributed by atoms with van der Waals surface area (Å²) in [7, 11) is 0. The van der Waals surface area contributed by atoms with Crippen LogP contribution in [0.5, 0.6) is 0 Å². The summed E-state index contributed by atoms with van der Waals surface area (Å²) in [5, 5.41) is 5.39. The Kier molecular flexibility index (Phi) is 3.60. The zero-order chi connectivity index (χ0) is 12.4. The van der Waals surface area contributed by atoms with Crippen LogP contribution in [-0.2, 0) is 0 Å².